The maximum atomic E-state index is 11.9. The fourth-order valence-electron chi connectivity index (χ4n) is 1.24. The Balaban J connectivity index is 5.10. The molecule has 1 atom stereocenters. The zero-order valence-electron chi connectivity index (χ0n) is 10.5. The number of carbonyl (C=O) groups excluding carboxylic acids is 1. The molecule has 0 aliphatic rings. The second-order valence-corrected chi connectivity index (χ2v) is 4.62. The van der Waals surface area contributed by atoms with Gasteiger partial charge in [0.15, 0.2) is 0 Å². The van der Waals surface area contributed by atoms with Crippen molar-refractivity contribution in [2.45, 2.75) is 44.8 Å². The minimum absolute atomic E-state index is 0.0492. The van der Waals surface area contributed by atoms with Gasteiger partial charge in [-0.2, -0.15) is 5.26 Å². The minimum Gasteiger partial charge on any atom is -0.479 e. The van der Waals surface area contributed by atoms with Crippen molar-refractivity contribution in [3.05, 3.63) is 0 Å². The Hall–Kier alpha value is -1.61. The van der Waals surface area contributed by atoms with E-state index >= 15 is 0 Å². The number of nitriles is 1. The summed E-state index contributed by atoms with van der Waals surface area (Å²) in [5.41, 5.74) is -2.63. The molecular formula is C11H18N2O4. The third kappa shape index (κ3) is 4.04. The number of hydrogen-bond donors (Lipinski definition) is 2. The van der Waals surface area contributed by atoms with Crippen LogP contribution in [0, 0.1) is 11.3 Å². The van der Waals surface area contributed by atoms with Gasteiger partial charge in [-0.1, -0.05) is 0 Å². The number of likely N-dealkylation sites (N-methyl/N-ethyl adjacent to an activating group) is 1. The van der Waals surface area contributed by atoms with Gasteiger partial charge in [-0.25, -0.2) is 9.59 Å². The van der Waals surface area contributed by atoms with Crippen molar-refractivity contribution >= 4 is 11.9 Å². The first kappa shape index (κ1) is 15.4. The molecule has 0 saturated carbocycles. The lowest BCUT2D eigenvalue weighted by atomic mass is 9.93. The summed E-state index contributed by atoms with van der Waals surface area (Å²) in [6, 6.07) is 1.82. The summed E-state index contributed by atoms with van der Waals surface area (Å²) in [5.74, 6) is -2.22. The SMILES string of the molecule is CNC(CCC#N)(C(=O)O)C(=O)OC(C)(C)C. The summed E-state index contributed by atoms with van der Waals surface area (Å²) < 4.78 is 5.06. The fourth-order valence-corrected chi connectivity index (χ4v) is 1.24. The van der Waals surface area contributed by atoms with E-state index in [-0.39, 0.29) is 12.8 Å². The molecule has 2 N–H and O–H groups in total. The van der Waals surface area contributed by atoms with Crippen molar-refractivity contribution in [2.24, 2.45) is 0 Å². The Morgan fingerprint density at radius 1 is 1.41 bits per heavy atom. The van der Waals surface area contributed by atoms with E-state index < -0.39 is 23.1 Å². The van der Waals surface area contributed by atoms with E-state index in [1.165, 1.54) is 7.05 Å². The summed E-state index contributed by atoms with van der Waals surface area (Å²) in [7, 11) is 1.36. The molecule has 0 aromatic carbocycles. The topological polar surface area (TPSA) is 99.4 Å². The van der Waals surface area contributed by atoms with Crippen LogP contribution in [0.5, 0.6) is 0 Å². The number of hydrogen-bond acceptors (Lipinski definition) is 5. The zero-order chi connectivity index (χ0) is 13.7. The Morgan fingerprint density at radius 2 is 1.94 bits per heavy atom. The normalized spacial score (nSPS) is 14.5. The average molecular weight is 242 g/mol. The zero-order valence-corrected chi connectivity index (χ0v) is 10.5. The first-order valence-corrected chi connectivity index (χ1v) is 5.22. The number of carboxylic acid groups (broad SMARTS) is 1. The van der Waals surface area contributed by atoms with Crippen LogP contribution < -0.4 is 5.32 Å². The Labute approximate surface area is 101 Å². The Kier molecular flexibility index (Phi) is 5.10. The first-order chi connectivity index (χ1) is 7.69. The minimum atomic E-state index is -1.86. The van der Waals surface area contributed by atoms with Crippen molar-refractivity contribution in [2.75, 3.05) is 7.05 Å². The van der Waals surface area contributed by atoms with E-state index in [4.69, 9.17) is 15.1 Å². The molecule has 0 fully saturated rings. The molecule has 0 aliphatic heterocycles. The molecule has 0 bridgehead atoms. The van der Waals surface area contributed by atoms with Crippen LogP contribution in [-0.4, -0.2) is 35.2 Å². The van der Waals surface area contributed by atoms with Crippen LogP contribution in [0.15, 0.2) is 0 Å². The van der Waals surface area contributed by atoms with Gasteiger partial charge in [-0.3, -0.25) is 5.32 Å². The maximum absolute atomic E-state index is 11.9. The highest BCUT2D eigenvalue weighted by molar-refractivity contribution is 6.04. The van der Waals surface area contributed by atoms with Crippen LogP contribution in [0.4, 0.5) is 0 Å². The number of aliphatic carboxylic acids is 1. The number of rotatable bonds is 5. The molecule has 0 aromatic rings. The van der Waals surface area contributed by atoms with Gasteiger partial charge in [0.05, 0.1) is 6.07 Å². The third-order valence-corrected chi connectivity index (χ3v) is 2.15. The molecule has 0 spiro atoms. The van der Waals surface area contributed by atoms with E-state index in [1.807, 2.05) is 6.07 Å². The van der Waals surface area contributed by atoms with Gasteiger partial charge in [0.2, 0.25) is 5.54 Å². The molecule has 0 amide bonds. The number of ether oxygens (including phenoxy) is 1. The van der Waals surface area contributed by atoms with Gasteiger partial charge < -0.3 is 9.84 Å². The molecular weight excluding hydrogens is 224 g/mol. The summed E-state index contributed by atoms with van der Waals surface area (Å²) in [4.78, 5) is 23.1. The second-order valence-electron chi connectivity index (χ2n) is 4.62. The van der Waals surface area contributed by atoms with Crippen LogP contribution in [0.1, 0.15) is 33.6 Å². The number of nitrogens with one attached hydrogen (secondary N) is 1. The highest BCUT2D eigenvalue weighted by Gasteiger charge is 2.47. The quantitative estimate of drug-likeness (QED) is 0.543. The van der Waals surface area contributed by atoms with Crippen LogP contribution >= 0.6 is 0 Å². The lowest BCUT2D eigenvalue weighted by Gasteiger charge is -2.30. The molecule has 0 radical (unpaired) electrons. The van der Waals surface area contributed by atoms with Crippen LogP contribution in [0.25, 0.3) is 0 Å². The predicted molar refractivity (Wildman–Crippen MR) is 60.1 cm³/mol. The van der Waals surface area contributed by atoms with Crippen molar-refractivity contribution in [3.8, 4) is 6.07 Å². The number of carbonyl (C=O) groups is 2. The van der Waals surface area contributed by atoms with Crippen molar-refractivity contribution in [3.63, 3.8) is 0 Å². The van der Waals surface area contributed by atoms with Gasteiger partial charge in [0, 0.05) is 12.8 Å². The van der Waals surface area contributed by atoms with Crippen LogP contribution in [-0.2, 0) is 14.3 Å². The molecule has 96 valence electrons. The van der Waals surface area contributed by atoms with Crippen LogP contribution in [0.3, 0.4) is 0 Å². The monoisotopic (exact) mass is 242 g/mol. The van der Waals surface area contributed by atoms with Crippen molar-refractivity contribution < 1.29 is 19.4 Å². The van der Waals surface area contributed by atoms with Gasteiger partial charge in [0.25, 0.3) is 0 Å². The van der Waals surface area contributed by atoms with E-state index in [2.05, 4.69) is 5.32 Å². The largest absolute Gasteiger partial charge is 0.479 e. The summed E-state index contributed by atoms with van der Waals surface area (Å²) in [5, 5.41) is 20.1. The predicted octanol–water partition coefficient (Wildman–Crippen LogP) is 0.675. The smallest absolute Gasteiger partial charge is 0.338 e. The highest BCUT2D eigenvalue weighted by atomic mass is 16.6. The number of carboxylic acids is 1. The van der Waals surface area contributed by atoms with E-state index in [9.17, 15) is 9.59 Å². The van der Waals surface area contributed by atoms with Crippen LogP contribution in [0.2, 0.25) is 0 Å². The molecule has 17 heavy (non-hydrogen) atoms. The third-order valence-electron chi connectivity index (χ3n) is 2.15. The lowest BCUT2D eigenvalue weighted by Crippen LogP contribution is -2.58. The average Bonchev–Trinajstić information content (AvgIpc) is 2.16. The number of nitrogens with zero attached hydrogens (tertiary/aromatic N) is 1. The van der Waals surface area contributed by atoms with Gasteiger partial charge in [0.1, 0.15) is 5.60 Å². The molecule has 0 heterocycles. The molecule has 6 nitrogen and oxygen atoms in total. The van der Waals surface area contributed by atoms with Crippen molar-refractivity contribution in [1.82, 2.24) is 5.32 Å². The molecule has 0 aromatic heterocycles. The first-order valence-electron chi connectivity index (χ1n) is 5.22. The molecule has 1 unspecified atom stereocenters. The summed E-state index contributed by atoms with van der Waals surface area (Å²) in [6.07, 6.45) is -0.184. The fraction of sp³-hybridized carbons (Fsp3) is 0.727. The summed E-state index contributed by atoms with van der Waals surface area (Å²) in [6.45, 7) is 4.95. The standard InChI is InChI=1S/C11H18N2O4/c1-10(2,3)17-9(16)11(13-4,8(14)15)6-5-7-12/h13H,5-6H2,1-4H3,(H,14,15). The Morgan fingerprint density at radius 3 is 2.24 bits per heavy atom. The van der Waals surface area contributed by atoms with Crippen molar-refractivity contribution in [1.29, 1.82) is 5.26 Å². The molecule has 0 aliphatic carbocycles. The van der Waals surface area contributed by atoms with E-state index in [1.54, 1.807) is 20.8 Å². The molecule has 0 rings (SSSR count). The highest BCUT2D eigenvalue weighted by Crippen LogP contribution is 2.19. The van der Waals surface area contributed by atoms with Gasteiger partial charge >= 0.3 is 11.9 Å². The second kappa shape index (κ2) is 5.64. The van der Waals surface area contributed by atoms with E-state index in [0.29, 0.717) is 0 Å². The van der Waals surface area contributed by atoms with Gasteiger partial charge in [-0.05, 0) is 27.8 Å². The number of esters is 1. The molecule has 0 saturated heterocycles. The molecule has 6 heteroatoms. The summed E-state index contributed by atoms with van der Waals surface area (Å²) >= 11 is 0. The maximum Gasteiger partial charge on any atom is 0.338 e. The van der Waals surface area contributed by atoms with E-state index in [0.717, 1.165) is 0 Å². The van der Waals surface area contributed by atoms with Gasteiger partial charge in [-0.15, -0.1) is 0 Å². The Bertz CT molecular complexity index is 340. The lowest BCUT2D eigenvalue weighted by molar-refractivity contribution is -0.171.